The fourth-order valence-electron chi connectivity index (χ4n) is 7.26. The van der Waals surface area contributed by atoms with E-state index >= 15 is 0 Å². The summed E-state index contributed by atoms with van der Waals surface area (Å²) in [5.74, 6) is 0. The molecule has 0 unspecified atom stereocenters. The predicted octanol–water partition coefficient (Wildman–Crippen LogP) is 9.15. The van der Waals surface area contributed by atoms with E-state index in [4.69, 9.17) is 4.42 Å². The van der Waals surface area contributed by atoms with E-state index in [2.05, 4.69) is 61.6 Å². The molecule has 0 atom stereocenters. The van der Waals surface area contributed by atoms with Crippen LogP contribution < -0.4 is 10.9 Å². The molecule has 0 amide bonds. The van der Waals surface area contributed by atoms with Gasteiger partial charge >= 0.3 is 0 Å². The zero-order chi connectivity index (χ0) is 27.5. The molecule has 0 aliphatic heterocycles. The molecule has 0 saturated carbocycles. The van der Waals surface area contributed by atoms with Crippen molar-refractivity contribution in [3.63, 3.8) is 0 Å². The van der Waals surface area contributed by atoms with E-state index in [9.17, 15) is 9.59 Å². The van der Waals surface area contributed by atoms with Gasteiger partial charge in [-0.15, -0.1) is 11.3 Å². The van der Waals surface area contributed by atoms with Gasteiger partial charge in [-0.1, -0.05) is 57.2 Å². The number of rotatable bonds is 0. The largest absolute Gasteiger partial charge is 0.455 e. The minimum atomic E-state index is -0.159. The topological polar surface area (TPSA) is 51.7 Å². The second kappa shape index (κ2) is 6.76. The van der Waals surface area contributed by atoms with Gasteiger partial charge in [0.1, 0.15) is 11.2 Å². The SMILES string of the molecule is CC(C)(C)c1cc2c(=O)c3cc4c5ccccc5oc4c4c(=O)c5c6sc7ccccc7c6cc6c(c1)c2n(c34)c65. The Morgan fingerprint density at radius 3 is 2.12 bits per heavy atom. The van der Waals surface area contributed by atoms with Gasteiger partial charge in [-0.25, -0.2) is 0 Å². The zero-order valence-electron chi connectivity index (χ0n) is 22.5. The molecule has 4 nitrogen and oxygen atoms in total. The Labute approximate surface area is 235 Å². The summed E-state index contributed by atoms with van der Waals surface area (Å²) in [5, 5.41) is 8.42. The molecule has 0 bridgehead atoms. The van der Waals surface area contributed by atoms with Crippen molar-refractivity contribution in [2.24, 2.45) is 0 Å². The second-order valence-corrected chi connectivity index (χ2v) is 13.5. The maximum Gasteiger partial charge on any atom is 0.202 e. The van der Waals surface area contributed by atoms with Crippen LogP contribution in [0.5, 0.6) is 0 Å². The molecule has 0 aliphatic rings. The van der Waals surface area contributed by atoms with E-state index in [-0.39, 0.29) is 16.3 Å². The van der Waals surface area contributed by atoms with Crippen molar-refractivity contribution in [1.82, 2.24) is 4.40 Å². The van der Waals surface area contributed by atoms with Gasteiger partial charge in [0.25, 0.3) is 0 Å². The lowest BCUT2D eigenvalue weighted by atomic mass is 9.85. The summed E-state index contributed by atoms with van der Waals surface area (Å²) in [6.45, 7) is 6.54. The molecule has 5 aromatic heterocycles. The molecule has 0 N–H and O–H groups in total. The number of nitrogens with zero attached hydrogens (tertiary/aromatic N) is 1. The van der Waals surface area contributed by atoms with Gasteiger partial charge in [-0.3, -0.25) is 9.59 Å². The van der Waals surface area contributed by atoms with E-state index in [1.54, 1.807) is 11.3 Å². The highest BCUT2D eigenvalue weighted by Gasteiger charge is 2.29. The summed E-state index contributed by atoms with van der Waals surface area (Å²) in [5.41, 5.74) is 4.54. The van der Waals surface area contributed by atoms with Crippen molar-refractivity contribution in [2.45, 2.75) is 26.2 Å². The Kier molecular flexibility index (Phi) is 3.63. The predicted molar refractivity (Wildman–Crippen MR) is 172 cm³/mol. The molecule has 5 heterocycles. The number of pyridine rings is 2. The van der Waals surface area contributed by atoms with Gasteiger partial charge in [0.05, 0.1) is 27.3 Å². The standard InChI is InChI=1S/C36H21NO3S/c1-36(2,3)16-12-19-20-14-22-18-9-5-7-11-26(18)41-35(22)28-30(20)37-29(19)23(13-16)32(38)24-15-21-17-8-4-6-10-25(17)40-34(21)27(31(24)37)33(28)39/h4-15H,1-3H3. The lowest BCUT2D eigenvalue weighted by molar-refractivity contribution is 0.591. The quantitative estimate of drug-likeness (QED) is 0.140. The molecule has 0 fully saturated rings. The van der Waals surface area contributed by atoms with E-state index in [0.717, 1.165) is 58.3 Å². The third kappa shape index (κ3) is 2.41. The number of fused-ring (bicyclic) bond motifs is 9. The van der Waals surface area contributed by atoms with Gasteiger partial charge < -0.3 is 8.82 Å². The van der Waals surface area contributed by atoms with Crippen LogP contribution in [0.4, 0.5) is 0 Å². The van der Waals surface area contributed by atoms with Crippen molar-refractivity contribution in [1.29, 1.82) is 0 Å². The van der Waals surface area contributed by atoms with E-state index in [1.807, 2.05) is 36.4 Å². The van der Waals surface area contributed by atoms with E-state index < -0.39 is 0 Å². The number of aromatic nitrogens is 1. The van der Waals surface area contributed by atoms with Gasteiger partial charge in [0, 0.05) is 52.5 Å². The van der Waals surface area contributed by atoms with Crippen molar-refractivity contribution < 1.29 is 4.42 Å². The third-order valence-electron chi connectivity index (χ3n) is 9.16. The van der Waals surface area contributed by atoms with Crippen LogP contribution >= 0.6 is 11.3 Å². The second-order valence-electron chi connectivity index (χ2n) is 12.4. The van der Waals surface area contributed by atoms with Crippen LogP contribution in [-0.4, -0.2) is 4.40 Å². The summed E-state index contributed by atoms with van der Waals surface area (Å²) >= 11 is 1.66. The molecule has 10 aromatic rings. The highest BCUT2D eigenvalue weighted by atomic mass is 32.1. The number of hydrogen-bond acceptors (Lipinski definition) is 4. The smallest absolute Gasteiger partial charge is 0.202 e. The Hall–Kier alpha value is -4.74. The van der Waals surface area contributed by atoms with Crippen LogP contribution in [0, 0.1) is 0 Å². The maximum absolute atomic E-state index is 14.9. The van der Waals surface area contributed by atoms with Crippen LogP contribution in [0.25, 0.3) is 91.0 Å². The summed E-state index contributed by atoms with van der Waals surface area (Å²) in [6.07, 6.45) is 0. The van der Waals surface area contributed by atoms with E-state index in [1.165, 1.54) is 0 Å². The molecule has 0 spiro atoms. The molecule has 10 rings (SSSR count). The average molecular weight is 548 g/mol. The number of thiophene rings is 1. The highest BCUT2D eigenvalue weighted by Crippen LogP contribution is 2.47. The van der Waals surface area contributed by atoms with Gasteiger partial charge in [0.15, 0.2) is 5.43 Å². The van der Waals surface area contributed by atoms with Crippen molar-refractivity contribution in [3.05, 3.63) is 98.8 Å². The van der Waals surface area contributed by atoms with Gasteiger partial charge in [0.2, 0.25) is 5.43 Å². The molecule has 0 aliphatic carbocycles. The number of benzene rings is 5. The first kappa shape index (κ1) is 22.0. The average Bonchev–Trinajstić information content (AvgIpc) is 3.62. The molecular weight excluding hydrogens is 526 g/mol. The summed E-state index contributed by atoms with van der Waals surface area (Å²) in [4.78, 5) is 29.3. The third-order valence-corrected chi connectivity index (χ3v) is 10.4. The van der Waals surface area contributed by atoms with Crippen LogP contribution in [0.15, 0.2) is 86.8 Å². The fraction of sp³-hybridized carbons (Fsp3) is 0.111. The Bertz CT molecular complexity index is 2880. The fourth-order valence-corrected chi connectivity index (χ4v) is 8.48. The highest BCUT2D eigenvalue weighted by molar-refractivity contribution is 7.26. The van der Waals surface area contributed by atoms with Crippen molar-refractivity contribution >= 4 is 102 Å². The van der Waals surface area contributed by atoms with Crippen LogP contribution in [-0.2, 0) is 5.41 Å². The Morgan fingerprint density at radius 1 is 0.634 bits per heavy atom. The summed E-state index contributed by atoms with van der Waals surface area (Å²) in [7, 11) is 0. The first-order valence-corrected chi connectivity index (χ1v) is 14.7. The molecule has 41 heavy (non-hydrogen) atoms. The lowest BCUT2D eigenvalue weighted by Gasteiger charge is -2.20. The lowest BCUT2D eigenvalue weighted by Crippen LogP contribution is -2.15. The Balaban J connectivity index is 1.64. The first-order chi connectivity index (χ1) is 19.8. The molecule has 5 aromatic carbocycles. The van der Waals surface area contributed by atoms with Crippen LogP contribution in [0.1, 0.15) is 26.3 Å². The van der Waals surface area contributed by atoms with Gasteiger partial charge in [-0.05, 0) is 47.4 Å². The normalized spacial score (nSPS) is 13.4. The number of furan rings is 1. The van der Waals surface area contributed by atoms with Crippen molar-refractivity contribution in [2.75, 3.05) is 0 Å². The van der Waals surface area contributed by atoms with Crippen LogP contribution in [0.3, 0.4) is 0 Å². The minimum Gasteiger partial charge on any atom is -0.455 e. The first-order valence-electron chi connectivity index (χ1n) is 13.9. The monoisotopic (exact) mass is 547 g/mol. The van der Waals surface area contributed by atoms with Crippen LogP contribution in [0.2, 0.25) is 0 Å². The molecule has 0 saturated heterocycles. The number of hydrogen-bond donors (Lipinski definition) is 0. The maximum atomic E-state index is 14.9. The molecule has 0 radical (unpaired) electrons. The van der Waals surface area contributed by atoms with Gasteiger partial charge in [-0.2, -0.15) is 0 Å². The van der Waals surface area contributed by atoms with E-state index in [0.29, 0.717) is 38.2 Å². The molecule has 5 heteroatoms. The van der Waals surface area contributed by atoms with Crippen molar-refractivity contribution in [3.8, 4) is 0 Å². The number of para-hydroxylation sites is 1. The summed E-state index contributed by atoms with van der Waals surface area (Å²) in [6, 6.07) is 24.7. The molecular formula is C36H21NO3S. The Morgan fingerprint density at radius 2 is 1.29 bits per heavy atom. The summed E-state index contributed by atoms with van der Waals surface area (Å²) < 4.78 is 10.8. The molecule has 194 valence electrons. The zero-order valence-corrected chi connectivity index (χ0v) is 23.3. The minimum absolute atomic E-state index is 0.0386.